The lowest BCUT2D eigenvalue weighted by atomic mass is 10.0. The van der Waals surface area contributed by atoms with Gasteiger partial charge < -0.3 is 14.7 Å². The van der Waals surface area contributed by atoms with Crippen LogP contribution in [0.2, 0.25) is 0 Å². The van der Waals surface area contributed by atoms with Crippen LogP contribution in [0.1, 0.15) is 44.5 Å². The van der Waals surface area contributed by atoms with E-state index in [2.05, 4.69) is 50.3 Å². The van der Waals surface area contributed by atoms with Crippen molar-refractivity contribution in [1.82, 2.24) is 15.4 Å². The van der Waals surface area contributed by atoms with E-state index in [1.807, 2.05) is 26.0 Å². The molecule has 2 aromatic rings. The van der Waals surface area contributed by atoms with Gasteiger partial charge in [-0.1, -0.05) is 42.8 Å². The predicted molar refractivity (Wildman–Crippen MR) is 100 cm³/mol. The van der Waals surface area contributed by atoms with Gasteiger partial charge in [-0.05, 0) is 39.2 Å². The molecule has 0 fully saturated rings. The molecular formula is C20H29N3O2. The minimum absolute atomic E-state index is 0.0697. The largest absolute Gasteiger partial charge is 0.356 e. The molecule has 1 aromatic heterocycles. The van der Waals surface area contributed by atoms with Gasteiger partial charge in [-0.3, -0.25) is 0 Å². The van der Waals surface area contributed by atoms with E-state index in [-0.39, 0.29) is 12.1 Å². The number of nitrogens with one attached hydrogen (secondary N) is 1. The first-order chi connectivity index (χ1) is 11.8. The predicted octanol–water partition coefficient (Wildman–Crippen LogP) is 4.53. The minimum Gasteiger partial charge on any atom is -0.356 e. The SMILES string of the molecule is Cc1ccc(-c2cc(CN(CC(C)C)C(=O)NC(C)C)no2)c(C)c1. The first kappa shape index (κ1) is 19.0. The summed E-state index contributed by atoms with van der Waals surface area (Å²) >= 11 is 0. The number of urea groups is 1. The van der Waals surface area contributed by atoms with E-state index < -0.39 is 0 Å². The zero-order chi connectivity index (χ0) is 18.6. The molecule has 5 nitrogen and oxygen atoms in total. The molecule has 0 saturated carbocycles. The second-order valence-electron chi connectivity index (χ2n) is 7.38. The Labute approximate surface area is 150 Å². The molecule has 0 saturated heterocycles. The highest BCUT2D eigenvalue weighted by Crippen LogP contribution is 2.25. The molecule has 1 N–H and O–H groups in total. The van der Waals surface area contributed by atoms with E-state index in [1.54, 1.807) is 4.90 Å². The Morgan fingerprint density at radius 3 is 2.52 bits per heavy atom. The van der Waals surface area contributed by atoms with Gasteiger partial charge >= 0.3 is 6.03 Å². The summed E-state index contributed by atoms with van der Waals surface area (Å²) < 4.78 is 5.53. The average molecular weight is 343 g/mol. The summed E-state index contributed by atoms with van der Waals surface area (Å²) in [6, 6.07) is 8.19. The third kappa shape index (κ3) is 5.34. The van der Waals surface area contributed by atoms with Crippen LogP contribution in [0.5, 0.6) is 0 Å². The highest BCUT2D eigenvalue weighted by atomic mass is 16.5. The number of hydrogen-bond acceptors (Lipinski definition) is 3. The molecule has 2 rings (SSSR count). The number of hydrogen-bond donors (Lipinski definition) is 1. The van der Waals surface area contributed by atoms with Crippen LogP contribution < -0.4 is 5.32 Å². The summed E-state index contributed by atoms with van der Waals surface area (Å²) in [5.74, 6) is 1.12. The van der Waals surface area contributed by atoms with Gasteiger partial charge in [-0.15, -0.1) is 0 Å². The van der Waals surface area contributed by atoms with Crippen molar-refractivity contribution in [3.63, 3.8) is 0 Å². The summed E-state index contributed by atoms with van der Waals surface area (Å²) in [5, 5.41) is 7.12. The molecule has 25 heavy (non-hydrogen) atoms. The lowest BCUT2D eigenvalue weighted by Gasteiger charge is -2.25. The Bertz CT molecular complexity index is 719. The number of benzene rings is 1. The van der Waals surface area contributed by atoms with Crippen molar-refractivity contribution >= 4 is 6.03 Å². The topological polar surface area (TPSA) is 58.4 Å². The second kappa shape index (κ2) is 8.19. The fourth-order valence-electron chi connectivity index (χ4n) is 2.80. The molecule has 0 atom stereocenters. The minimum atomic E-state index is -0.0697. The lowest BCUT2D eigenvalue weighted by molar-refractivity contribution is 0.183. The molecule has 0 spiro atoms. The first-order valence-corrected chi connectivity index (χ1v) is 8.85. The first-order valence-electron chi connectivity index (χ1n) is 8.85. The van der Waals surface area contributed by atoms with Crippen LogP contribution in [0.25, 0.3) is 11.3 Å². The van der Waals surface area contributed by atoms with Crippen LogP contribution in [-0.4, -0.2) is 28.7 Å². The number of aromatic nitrogens is 1. The fraction of sp³-hybridized carbons (Fsp3) is 0.500. The Morgan fingerprint density at radius 1 is 1.20 bits per heavy atom. The van der Waals surface area contributed by atoms with Crippen LogP contribution in [0.15, 0.2) is 28.8 Å². The third-order valence-electron chi connectivity index (χ3n) is 3.84. The number of rotatable bonds is 6. The van der Waals surface area contributed by atoms with Crippen molar-refractivity contribution < 1.29 is 9.32 Å². The van der Waals surface area contributed by atoms with Crippen molar-refractivity contribution in [3.8, 4) is 11.3 Å². The molecule has 0 radical (unpaired) electrons. The summed E-state index contributed by atoms with van der Waals surface area (Å²) in [6.45, 7) is 13.3. The van der Waals surface area contributed by atoms with Gasteiger partial charge in [0.05, 0.1) is 6.54 Å². The molecule has 0 unspecified atom stereocenters. The van der Waals surface area contributed by atoms with Crippen LogP contribution in [0, 0.1) is 19.8 Å². The van der Waals surface area contributed by atoms with Gasteiger partial charge in [0, 0.05) is 24.2 Å². The maximum Gasteiger partial charge on any atom is 0.317 e. The lowest BCUT2D eigenvalue weighted by Crippen LogP contribution is -2.44. The average Bonchev–Trinajstić information content (AvgIpc) is 2.93. The summed E-state index contributed by atoms with van der Waals surface area (Å²) in [5.41, 5.74) is 4.16. The van der Waals surface area contributed by atoms with Gasteiger partial charge in [0.25, 0.3) is 0 Å². The molecule has 2 amide bonds. The molecule has 0 bridgehead atoms. The second-order valence-corrected chi connectivity index (χ2v) is 7.38. The van der Waals surface area contributed by atoms with Crippen molar-refractivity contribution in [3.05, 3.63) is 41.1 Å². The van der Waals surface area contributed by atoms with E-state index in [4.69, 9.17) is 4.52 Å². The zero-order valence-corrected chi connectivity index (χ0v) is 16.1. The number of carbonyl (C=O) groups is 1. The van der Waals surface area contributed by atoms with Crippen LogP contribution >= 0.6 is 0 Å². The molecule has 5 heteroatoms. The van der Waals surface area contributed by atoms with E-state index in [1.165, 1.54) is 5.56 Å². The highest BCUT2D eigenvalue weighted by Gasteiger charge is 2.18. The maximum absolute atomic E-state index is 12.4. The molecule has 1 aromatic carbocycles. The quantitative estimate of drug-likeness (QED) is 0.838. The molecule has 136 valence electrons. The molecular weight excluding hydrogens is 314 g/mol. The van der Waals surface area contributed by atoms with Gasteiger partial charge in [0.2, 0.25) is 0 Å². The summed E-state index contributed by atoms with van der Waals surface area (Å²) in [7, 11) is 0. The van der Waals surface area contributed by atoms with E-state index in [9.17, 15) is 4.79 Å². The van der Waals surface area contributed by atoms with Crippen molar-refractivity contribution in [2.45, 2.75) is 54.1 Å². The standard InChI is InChI=1S/C20H29N3O2/c1-13(2)11-23(20(24)21-14(3)4)12-17-10-19(25-22-17)18-8-7-15(5)9-16(18)6/h7-10,13-14H,11-12H2,1-6H3,(H,21,24). The maximum atomic E-state index is 12.4. The van der Waals surface area contributed by atoms with Gasteiger partial charge in [-0.25, -0.2) is 4.79 Å². The monoisotopic (exact) mass is 343 g/mol. The Morgan fingerprint density at radius 2 is 1.92 bits per heavy atom. The van der Waals surface area contributed by atoms with E-state index in [0.29, 0.717) is 19.0 Å². The third-order valence-corrected chi connectivity index (χ3v) is 3.84. The smallest absolute Gasteiger partial charge is 0.317 e. The molecule has 0 aliphatic rings. The Hall–Kier alpha value is -2.30. The van der Waals surface area contributed by atoms with Crippen LogP contribution in [0.3, 0.4) is 0 Å². The molecule has 1 heterocycles. The fourth-order valence-corrected chi connectivity index (χ4v) is 2.80. The highest BCUT2D eigenvalue weighted by molar-refractivity contribution is 5.74. The van der Waals surface area contributed by atoms with Crippen LogP contribution in [0.4, 0.5) is 4.79 Å². The number of carbonyl (C=O) groups excluding carboxylic acids is 1. The summed E-state index contributed by atoms with van der Waals surface area (Å²) in [6.07, 6.45) is 0. The van der Waals surface area contributed by atoms with Crippen molar-refractivity contribution in [2.24, 2.45) is 5.92 Å². The Balaban J connectivity index is 2.17. The summed E-state index contributed by atoms with van der Waals surface area (Å²) in [4.78, 5) is 14.2. The number of aryl methyl sites for hydroxylation is 2. The molecule has 0 aliphatic carbocycles. The number of amides is 2. The van der Waals surface area contributed by atoms with Crippen molar-refractivity contribution in [2.75, 3.05) is 6.54 Å². The Kier molecular flexibility index (Phi) is 6.23. The van der Waals surface area contributed by atoms with E-state index in [0.717, 1.165) is 22.6 Å². The zero-order valence-electron chi connectivity index (χ0n) is 16.1. The van der Waals surface area contributed by atoms with Crippen LogP contribution in [-0.2, 0) is 6.54 Å². The van der Waals surface area contributed by atoms with E-state index >= 15 is 0 Å². The van der Waals surface area contributed by atoms with Crippen molar-refractivity contribution in [1.29, 1.82) is 0 Å². The molecule has 0 aliphatic heterocycles. The van der Waals surface area contributed by atoms with Gasteiger partial charge in [0.15, 0.2) is 5.76 Å². The number of nitrogens with zero attached hydrogens (tertiary/aromatic N) is 2. The van der Waals surface area contributed by atoms with Gasteiger partial charge in [-0.2, -0.15) is 0 Å². The normalized spacial score (nSPS) is 11.2. The van der Waals surface area contributed by atoms with Gasteiger partial charge in [0.1, 0.15) is 5.69 Å².